The van der Waals surface area contributed by atoms with Crippen LogP contribution in [0, 0.1) is 11.8 Å². The van der Waals surface area contributed by atoms with Crippen LogP contribution in [0.15, 0.2) is 5.16 Å². The van der Waals surface area contributed by atoms with Crippen molar-refractivity contribution in [1.82, 2.24) is 15.3 Å². The Bertz CT molecular complexity index is 864. The summed E-state index contributed by atoms with van der Waals surface area (Å²) in [7, 11) is 0. The molecule has 3 amide bonds. The topological polar surface area (TPSA) is 124 Å². The minimum Gasteiger partial charge on any atom is -0.383 e. The number of aromatic nitrogens is 2. The van der Waals surface area contributed by atoms with Crippen LogP contribution in [0.1, 0.15) is 37.6 Å². The van der Waals surface area contributed by atoms with E-state index in [0.717, 1.165) is 29.5 Å². The van der Waals surface area contributed by atoms with Crippen molar-refractivity contribution in [1.29, 1.82) is 0 Å². The number of thiophene rings is 1. The molecular formula is C17H23N5O2S2. The molecule has 2 aromatic rings. The molecule has 2 heterocycles. The molecule has 2 atom stereocenters. The smallest absolute Gasteiger partial charge is 0.318 e. The van der Waals surface area contributed by atoms with Gasteiger partial charge in [-0.15, -0.1) is 11.3 Å². The van der Waals surface area contributed by atoms with Crippen molar-refractivity contribution < 1.29 is 9.59 Å². The zero-order chi connectivity index (χ0) is 19.0. The van der Waals surface area contributed by atoms with Crippen molar-refractivity contribution in [3.63, 3.8) is 0 Å². The number of urea groups is 1. The highest BCUT2D eigenvalue weighted by Gasteiger charge is 2.28. The van der Waals surface area contributed by atoms with Gasteiger partial charge in [-0.05, 0) is 36.7 Å². The SMILES string of the molecule is CC1CCc2c(sc3nc(SC(C(=O)NC(N)=O)C(C)C)nc(N)c23)C1. The van der Waals surface area contributed by atoms with E-state index in [1.807, 2.05) is 13.8 Å². The van der Waals surface area contributed by atoms with Crippen LogP contribution in [-0.4, -0.2) is 27.2 Å². The standard InChI is InChI=1S/C17H23N5O2S2/c1-7(2)12(14(23)21-16(19)24)26-17-20-13(18)11-9-5-4-8(3)6-10(9)25-15(11)22-17/h7-8,12H,4-6H2,1-3H3,(H2,18,20,22)(H3,19,21,23,24). The second-order valence-corrected chi connectivity index (χ2v) is 9.25. The summed E-state index contributed by atoms with van der Waals surface area (Å²) >= 11 is 2.87. The van der Waals surface area contributed by atoms with Crippen LogP contribution >= 0.6 is 23.1 Å². The van der Waals surface area contributed by atoms with Crippen molar-refractivity contribution in [2.24, 2.45) is 17.6 Å². The van der Waals surface area contributed by atoms with E-state index in [9.17, 15) is 9.59 Å². The summed E-state index contributed by atoms with van der Waals surface area (Å²) in [5.74, 6) is 0.653. The highest BCUT2D eigenvalue weighted by Crippen LogP contribution is 2.40. The van der Waals surface area contributed by atoms with Crippen molar-refractivity contribution >= 4 is 51.1 Å². The first-order valence-corrected chi connectivity index (χ1v) is 10.3. The van der Waals surface area contributed by atoms with Crippen LogP contribution in [0.2, 0.25) is 0 Å². The molecule has 140 valence electrons. The molecule has 26 heavy (non-hydrogen) atoms. The first-order valence-electron chi connectivity index (χ1n) is 8.61. The molecule has 0 aromatic carbocycles. The van der Waals surface area contributed by atoms with Crippen molar-refractivity contribution in [3.8, 4) is 0 Å². The number of nitrogen functional groups attached to an aromatic ring is 1. The lowest BCUT2D eigenvalue weighted by Crippen LogP contribution is -2.42. The average Bonchev–Trinajstić information content (AvgIpc) is 2.88. The first kappa shape index (κ1) is 18.9. The van der Waals surface area contributed by atoms with Crippen LogP contribution in [0.4, 0.5) is 10.6 Å². The summed E-state index contributed by atoms with van der Waals surface area (Å²) in [5, 5.41) is 3.01. The number of hydrogen-bond acceptors (Lipinski definition) is 7. The minimum absolute atomic E-state index is 0.0303. The number of hydrogen-bond donors (Lipinski definition) is 3. The number of fused-ring (bicyclic) bond motifs is 3. The Kier molecular flexibility index (Phi) is 5.38. The number of nitrogens with zero attached hydrogens (tertiary/aromatic N) is 2. The van der Waals surface area contributed by atoms with Crippen LogP contribution in [0.3, 0.4) is 0 Å². The molecule has 0 spiro atoms. The molecule has 2 aromatic heterocycles. The largest absolute Gasteiger partial charge is 0.383 e. The van der Waals surface area contributed by atoms with Gasteiger partial charge in [-0.25, -0.2) is 14.8 Å². The van der Waals surface area contributed by atoms with Gasteiger partial charge < -0.3 is 11.5 Å². The second kappa shape index (κ2) is 7.40. The Hall–Kier alpha value is -1.87. The molecule has 7 nitrogen and oxygen atoms in total. The van der Waals surface area contributed by atoms with E-state index in [-0.39, 0.29) is 5.92 Å². The van der Waals surface area contributed by atoms with E-state index in [0.29, 0.717) is 16.9 Å². The Morgan fingerprint density at radius 3 is 2.73 bits per heavy atom. The van der Waals surface area contributed by atoms with Crippen molar-refractivity contribution in [2.45, 2.75) is 50.4 Å². The van der Waals surface area contributed by atoms with Gasteiger partial charge >= 0.3 is 6.03 Å². The van der Waals surface area contributed by atoms with Gasteiger partial charge in [-0.2, -0.15) is 0 Å². The normalized spacial score (nSPS) is 17.9. The van der Waals surface area contributed by atoms with Gasteiger partial charge in [0.2, 0.25) is 5.91 Å². The average molecular weight is 394 g/mol. The molecule has 3 rings (SSSR count). The number of nitrogens with two attached hydrogens (primary N) is 2. The third kappa shape index (κ3) is 3.78. The Morgan fingerprint density at radius 2 is 2.08 bits per heavy atom. The van der Waals surface area contributed by atoms with E-state index in [2.05, 4.69) is 22.2 Å². The third-order valence-corrected chi connectivity index (χ3v) is 7.06. The molecular weight excluding hydrogens is 370 g/mol. The van der Waals surface area contributed by atoms with Crippen LogP contribution in [0.25, 0.3) is 10.2 Å². The molecule has 1 aliphatic carbocycles. The monoisotopic (exact) mass is 393 g/mol. The molecule has 5 N–H and O–H groups in total. The number of carbonyl (C=O) groups excluding carboxylic acids is 2. The Morgan fingerprint density at radius 1 is 1.35 bits per heavy atom. The Labute approximate surface area is 160 Å². The zero-order valence-electron chi connectivity index (χ0n) is 15.0. The minimum atomic E-state index is -0.864. The third-order valence-electron chi connectivity index (χ3n) is 4.51. The fourth-order valence-corrected chi connectivity index (χ4v) is 5.61. The number of primary amides is 1. The number of nitrogens with one attached hydrogen (secondary N) is 1. The van der Waals surface area contributed by atoms with Gasteiger partial charge in [-0.3, -0.25) is 10.1 Å². The van der Waals surface area contributed by atoms with Gasteiger partial charge in [-0.1, -0.05) is 32.5 Å². The summed E-state index contributed by atoms with van der Waals surface area (Å²) < 4.78 is 0. The van der Waals surface area contributed by atoms with E-state index >= 15 is 0 Å². The summed E-state index contributed by atoms with van der Waals surface area (Å²) in [6.45, 7) is 6.05. The number of imide groups is 1. The Balaban J connectivity index is 1.93. The second-order valence-electron chi connectivity index (χ2n) is 7.06. The lowest BCUT2D eigenvalue weighted by Gasteiger charge is -2.18. The number of rotatable bonds is 4. The zero-order valence-corrected chi connectivity index (χ0v) is 16.7. The summed E-state index contributed by atoms with van der Waals surface area (Å²) in [6, 6.07) is -0.864. The summed E-state index contributed by atoms with van der Waals surface area (Å²) in [4.78, 5) is 34.5. The van der Waals surface area contributed by atoms with E-state index in [1.165, 1.54) is 22.2 Å². The summed E-state index contributed by atoms with van der Waals surface area (Å²) in [6.07, 6.45) is 3.21. The summed E-state index contributed by atoms with van der Waals surface area (Å²) in [5.41, 5.74) is 12.6. The molecule has 0 bridgehead atoms. The fourth-order valence-electron chi connectivity index (χ4n) is 3.20. The predicted octanol–water partition coefficient (Wildman–Crippen LogP) is 2.71. The van der Waals surface area contributed by atoms with Crippen LogP contribution in [0.5, 0.6) is 0 Å². The van der Waals surface area contributed by atoms with Crippen molar-refractivity contribution in [3.05, 3.63) is 10.4 Å². The first-order chi connectivity index (χ1) is 12.3. The maximum Gasteiger partial charge on any atom is 0.318 e. The highest BCUT2D eigenvalue weighted by atomic mass is 32.2. The van der Waals surface area contributed by atoms with Crippen molar-refractivity contribution in [2.75, 3.05) is 5.73 Å². The molecule has 1 aliphatic rings. The lowest BCUT2D eigenvalue weighted by atomic mass is 9.89. The quantitative estimate of drug-likeness (QED) is 0.542. The van der Waals surface area contributed by atoms with E-state index < -0.39 is 17.2 Å². The molecule has 9 heteroatoms. The number of thioether (sulfide) groups is 1. The van der Waals surface area contributed by atoms with Gasteiger partial charge in [0.15, 0.2) is 5.16 Å². The van der Waals surface area contributed by atoms with E-state index in [1.54, 1.807) is 11.3 Å². The molecule has 0 fully saturated rings. The maximum absolute atomic E-state index is 12.2. The number of aryl methyl sites for hydroxylation is 1. The van der Waals surface area contributed by atoms with E-state index in [4.69, 9.17) is 11.5 Å². The maximum atomic E-state index is 12.2. The number of amides is 3. The van der Waals surface area contributed by atoms with Crippen LogP contribution < -0.4 is 16.8 Å². The number of carbonyl (C=O) groups is 2. The fraction of sp³-hybridized carbons (Fsp3) is 0.529. The van der Waals surface area contributed by atoms with Gasteiger partial charge in [0.1, 0.15) is 10.6 Å². The highest BCUT2D eigenvalue weighted by molar-refractivity contribution is 8.00. The lowest BCUT2D eigenvalue weighted by molar-refractivity contribution is -0.120. The number of anilines is 1. The molecule has 0 saturated heterocycles. The van der Waals surface area contributed by atoms with Gasteiger partial charge in [0, 0.05) is 4.88 Å². The van der Waals surface area contributed by atoms with Crippen LogP contribution in [-0.2, 0) is 17.6 Å². The molecule has 0 radical (unpaired) electrons. The predicted molar refractivity (Wildman–Crippen MR) is 105 cm³/mol. The molecule has 2 unspecified atom stereocenters. The molecule has 0 aliphatic heterocycles. The van der Waals surface area contributed by atoms with Gasteiger partial charge in [0.05, 0.1) is 10.6 Å². The molecule has 0 saturated carbocycles. The van der Waals surface area contributed by atoms with Gasteiger partial charge in [0.25, 0.3) is 0 Å².